The van der Waals surface area contributed by atoms with E-state index < -0.39 is 6.04 Å². The maximum Gasteiger partial charge on any atom is 0.266 e. The second-order valence-corrected chi connectivity index (χ2v) is 7.93. The zero-order chi connectivity index (χ0) is 23.5. The van der Waals surface area contributed by atoms with Crippen LogP contribution in [-0.4, -0.2) is 34.5 Å². The van der Waals surface area contributed by atoms with Crippen molar-refractivity contribution in [2.45, 2.75) is 26.3 Å². The molecule has 4 rings (SSSR count). The lowest BCUT2D eigenvalue weighted by Gasteiger charge is -2.27. The highest BCUT2D eigenvalue weighted by atomic mass is 16.5. The lowest BCUT2D eigenvalue weighted by molar-refractivity contribution is 0.0735. The van der Waals surface area contributed by atoms with Gasteiger partial charge in [-0.3, -0.25) is 14.2 Å². The van der Waals surface area contributed by atoms with Crippen molar-refractivity contribution in [3.05, 3.63) is 100 Å². The minimum Gasteiger partial charge on any atom is -0.497 e. The van der Waals surface area contributed by atoms with E-state index in [1.165, 1.54) is 0 Å². The Bertz CT molecular complexity index is 1360. The summed E-state index contributed by atoms with van der Waals surface area (Å²) in [6.07, 6.45) is 0.768. The average Bonchev–Trinajstić information content (AvgIpc) is 2.87. The van der Waals surface area contributed by atoms with Crippen LogP contribution < -0.4 is 10.3 Å². The maximum atomic E-state index is 13.7. The molecule has 1 amide bonds. The number of amides is 1. The first-order valence-corrected chi connectivity index (χ1v) is 11.0. The van der Waals surface area contributed by atoms with Crippen LogP contribution in [-0.2, 0) is 6.42 Å². The van der Waals surface area contributed by atoms with Gasteiger partial charge in [-0.1, -0.05) is 37.3 Å². The van der Waals surface area contributed by atoms with Crippen LogP contribution in [0.3, 0.4) is 0 Å². The van der Waals surface area contributed by atoms with Crippen molar-refractivity contribution >= 4 is 16.8 Å². The first-order valence-electron chi connectivity index (χ1n) is 11.0. The number of carbonyl (C=O) groups excluding carboxylic acids is 1. The van der Waals surface area contributed by atoms with E-state index in [1.807, 2.05) is 49.4 Å². The predicted molar refractivity (Wildman–Crippen MR) is 130 cm³/mol. The average molecular weight is 442 g/mol. The number of methoxy groups -OCH3 is 1. The molecular formula is C27H27N3O3. The molecule has 0 fully saturated rings. The molecule has 0 aliphatic heterocycles. The van der Waals surface area contributed by atoms with Crippen molar-refractivity contribution in [3.8, 4) is 11.4 Å². The number of rotatable bonds is 6. The molecule has 0 aliphatic carbocycles. The Balaban J connectivity index is 1.86. The minimum absolute atomic E-state index is 0.145. The van der Waals surface area contributed by atoms with E-state index in [4.69, 9.17) is 9.72 Å². The lowest BCUT2D eigenvalue weighted by Crippen LogP contribution is -2.35. The van der Waals surface area contributed by atoms with Crippen molar-refractivity contribution in [3.63, 3.8) is 0 Å². The summed E-state index contributed by atoms with van der Waals surface area (Å²) in [5.74, 6) is 1.04. The number of benzene rings is 3. The highest BCUT2D eigenvalue weighted by Gasteiger charge is 2.25. The molecule has 0 N–H and O–H groups in total. The van der Waals surface area contributed by atoms with Crippen LogP contribution in [0.25, 0.3) is 16.6 Å². The highest BCUT2D eigenvalue weighted by Crippen LogP contribution is 2.25. The summed E-state index contributed by atoms with van der Waals surface area (Å²) >= 11 is 0. The van der Waals surface area contributed by atoms with Crippen molar-refractivity contribution in [2.75, 3.05) is 14.2 Å². The van der Waals surface area contributed by atoms with E-state index in [0.29, 0.717) is 28.0 Å². The number of para-hydroxylation sites is 2. The number of carbonyl (C=O) groups is 1. The van der Waals surface area contributed by atoms with E-state index in [2.05, 4.69) is 6.92 Å². The van der Waals surface area contributed by atoms with E-state index in [-0.39, 0.29) is 11.5 Å². The van der Waals surface area contributed by atoms with Gasteiger partial charge in [0.05, 0.1) is 29.7 Å². The Morgan fingerprint density at radius 3 is 2.39 bits per heavy atom. The third kappa shape index (κ3) is 4.12. The van der Waals surface area contributed by atoms with E-state index in [1.54, 1.807) is 54.0 Å². The summed E-state index contributed by atoms with van der Waals surface area (Å²) in [4.78, 5) is 33.4. The number of aromatic nitrogens is 2. The molecule has 4 aromatic rings. The smallest absolute Gasteiger partial charge is 0.266 e. The number of aryl methyl sites for hydroxylation is 1. The van der Waals surface area contributed by atoms with Gasteiger partial charge < -0.3 is 9.64 Å². The molecule has 0 radical (unpaired) electrons. The van der Waals surface area contributed by atoms with Gasteiger partial charge in [0, 0.05) is 12.6 Å². The van der Waals surface area contributed by atoms with Crippen LogP contribution in [0.15, 0.2) is 77.6 Å². The third-order valence-corrected chi connectivity index (χ3v) is 6.03. The van der Waals surface area contributed by atoms with E-state index in [9.17, 15) is 9.59 Å². The van der Waals surface area contributed by atoms with Crippen LogP contribution in [0.5, 0.6) is 5.75 Å². The fraction of sp³-hybridized carbons (Fsp3) is 0.222. The molecule has 0 saturated carbocycles. The molecule has 0 aliphatic rings. The topological polar surface area (TPSA) is 64.4 Å². The number of hydrogen-bond acceptors (Lipinski definition) is 4. The molecule has 1 atom stereocenters. The normalized spacial score (nSPS) is 11.9. The fourth-order valence-electron chi connectivity index (χ4n) is 3.98. The molecule has 0 spiro atoms. The summed E-state index contributed by atoms with van der Waals surface area (Å²) in [5, 5.41) is 0.545. The third-order valence-electron chi connectivity index (χ3n) is 6.03. The summed E-state index contributed by atoms with van der Waals surface area (Å²) in [7, 11) is 3.32. The summed E-state index contributed by atoms with van der Waals surface area (Å²) in [6.45, 7) is 3.95. The molecule has 0 bridgehead atoms. The Kier molecular flexibility index (Phi) is 6.27. The van der Waals surface area contributed by atoms with Gasteiger partial charge in [0.2, 0.25) is 0 Å². The minimum atomic E-state index is -0.457. The number of fused-ring (bicyclic) bond motifs is 1. The molecule has 1 heterocycles. The largest absolute Gasteiger partial charge is 0.497 e. The van der Waals surface area contributed by atoms with Crippen LogP contribution in [0.1, 0.15) is 41.6 Å². The van der Waals surface area contributed by atoms with Gasteiger partial charge in [-0.05, 0) is 61.4 Å². The molecule has 1 unspecified atom stereocenters. The monoisotopic (exact) mass is 441 g/mol. The summed E-state index contributed by atoms with van der Waals surface area (Å²) in [6, 6.07) is 21.7. The summed E-state index contributed by atoms with van der Waals surface area (Å²) in [5.41, 5.74) is 2.83. The van der Waals surface area contributed by atoms with E-state index in [0.717, 1.165) is 17.7 Å². The Labute approximate surface area is 193 Å². The van der Waals surface area contributed by atoms with E-state index >= 15 is 0 Å². The molecule has 168 valence electrons. The SMILES string of the molecule is CCc1ccccc1-n1c(C(C)N(C)C(=O)c2ccc(OC)cc2)nc2ccccc2c1=O. The highest BCUT2D eigenvalue weighted by molar-refractivity contribution is 5.94. The second-order valence-electron chi connectivity index (χ2n) is 7.93. The van der Waals surface area contributed by atoms with Gasteiger partial charge in [0.25, 0.3) is 11.5 Å². The standard InChI is InChI=1S/C27H27N3O3/c1-5-19-10-6-9-13-24(19)30-25(28-23-12-8-7-11-22(23)27(30)32)18(2)29(3)26(31)20-14-16-21(33-4)17-15-20/h6-18H,5H2,1-4H3. The molecular weight excluding hydrogens is 414 g/mol. The zero-order valence-electron chi connectivity index (χ0n) is 19.3. The Morgan fingerprint density at radius 1 is 1.03 bits per heavy atom. The first kappa shape index (κ1) is 22.3. The van der Waals surface area contributed by atoms with Crippen LogP contribution in [0.4, 0.5) is 0 Å². The van der Waals surface area contributed by atoms with Gasteiger partial charge in [0.15, 0.2) is 0 Å². The number of ether oxygens (including phenoxy) is 1. The van der Waals surface area contributed by atoms with Gasteiger partial charge in [-0.15, -0.1) is 0 Å². The predicted octanol–water partition coefficient (Wildman–Crippen LogP) is 4.79. The van der Waals surface area contributed by atoms with Crippen molar-refractivity contribution in [1.29, 1.82) is 0 Å². The molecule has 6 nitrogen and oxygen atoms in total. The second kappa shape index (κ2) is 9.28. The lowest BCUT2D eigenvalue weighted by atomic mass is 10.1. The zero-order valence-corrected chi connectivity index (χ0v) is 19.3. The van der Waals surface area contributed by atoms with Crippen molar-refractivity contribution in [1.82, 2.24) is 14.5 Å². The van der Waals surface area contributed by atoms with Gasteiger partial charge in [0.1, 0.15) is 11.6 Å². The molecule has 0 saturated heterocycles. The number of nitrogens with zero attached hydrogens (tertiary/aromatic N) is 3. The Morgan fingerprint density at radius 2 is 1.70 bits per heavy atom. The molecule has 33 heavy (non-hydrogen) atoms. The molecule has 3 aromatic carbocycles. The van der Waals surface area contributed by atoms with Gasteiger partial charge in [-0.2, -0.15) is 0 Å². The first-order chi connectivity index (χ1) is 16.0. The van der Waals surface area contributed by atoms with Gasteiger partial charge >= 0.3 is 0 Å². The Hall–Kier alpha value is -3.93. The maximum absolute atomic E-state index is 13.7. The van der Waals surface area contributed by atoms with Gasteiger partial charge in [-0.25, -0.2) is 4.98 Å². The van der Waals surface area contributed by atoms with Crippen LogP contribution >= 0.6 is 0 Å². The fourth-order valence-corrected chi connectivity index (χ4v) is 3.98. The quantitative estimate of drug-likeness (QED) is 0.432. The van der Waals surface area contributed by atoms with Crippen LogP contribution in [0.2, 0.25) is 0 Å². The molecule has 1 aromatic heterocycles. The van der Waals surface area contributed by atoms with Crippen molar-refractivity contribution < 1.29 is 9.53 Å². The van der Waals surface area contributed by atoms with Crippen molar-refractivity contribution in [2.24, 2.45) is 0 Å². The number of hydrogen-bond donors (Lipinski definition) is 0. The van der Waals surface area contributed by atoms with Crippen LogP contribution in [0, 0.1) is 0 Å². The molecule has 6 heteroatoms. The summed E-state index contributed by atoms with van der Waals surface area (Å²) < 4.78 is 6.85.